The molecule has 0 saturated carbocycles. The highest BCUT2D eigenvalue weighted by Crippen LogP contribution is 2.25. The van der Waals surface area contributed by atoms with Gasteiger partial charge in [0, 0.05) is 35.8 Å². The number of halogens is 1. The number of carbonyl (C=O) groups excluding carboxylic acids is 1. The molecule has 0 aromatic heterocycles. The average Bonchev–Trinajstić information content (AvgIpc) is 2.63. The molecule has 2 aromatic rings. The maximum absolute atomic E-state index is 12.5. The summed E-state index contributed by atoms with van der Waals surface area (Å²) in [5.74, 6) is -0.342. The molecule has 0 spiro atoms. The van der Waals surface area contributed by atoms with Crippen LogP contribution < -0.4 is 10.6 Å². The van der Waals surface area contributed by atoms with Crippen molar-refractivity contribution in [2.24, 2.45) is 0 Å². The fourth-order valence-electron chi connectivity index (χ4n) is 2.59. The average molecular weight is 436 g/mol. The predicted octanol–water partition coefficient (Wildman–Crippen LogP) is 3.78. The van der Waals surface area contributed by atoms with Crippen molar-refractivity contribution in [3.8, 4) is 0 Å². The quantitative estimate of drug-likeness (QED) is 0.355. The molecule has 0 aliphatic rings. The van der Waals surface area contributed by atoms with Gasteiger partial charge in [0.1, 0.15) is 5.69 Å². The van der Waals surface area contributed by atoms with Crippen molar-refractivity contribution in [1.82, 2.24) is 5.32 Å². The highest BCUT2D eigenvalue weighted by molar-refractivity contribution is 9.10. The van der Waals surface area contributed by atoms with E-state index in [4.69, 9.17) is 4.74 Å². The summed E-state index contributed by atoms with van der Waals surface area (Å²) in [6.45, 7) is 2.76. The number of amides is 1. The molecule has 7 nitrogen and oxygen atoms in total. The lowest BCUT2D eigenvalue weighted by Gasteiger charge is -2.15. The number of carbonyl (C=O) groups is 1. The highest BCUT2D eigenvalue weighted by Gasteiger charge is 2.18. The zero-order chi connectivity index (χ0) is 19.8. The van der Waals surface area contributed by atoms with Crippen molar-refractivity contribution < 1.29 is 14.5 Å². The minimum atomic E-state index is -0.503. The number of nitro benzene ring substituents is 1. The lowest BCUT2D eigenvalue weighted by molar-refractivity contribution is -0.384. The number of anilines is 1. The molecule has 0 saturated heterocycles. The molecule has 2 rings (SSSR count). The molecule has 2 N–H and O–H groups in total. The standard InChI is InChI=1S/C19H22BrN3O4/c1-13(11-14-3-6-16(20)7-4-14)22-19(24)15-5-8-17(21-9-10-27-2)18(12-15)23(25)26/h3-8,12-13,21H,9-11H2,1-2H3,(H,22,24). The van der Waals surface area contributed by atoms with Crippen LogP contribution in [0.25, 0.3) is 0 Å². The van der Waals surface area contributed by atoms with Gasteiger partial charge in [-0.2, -0.15) is 0 Å². The minimum Gasteiger partial charge on any atom is -0.383 e. The number of nitrogens with one attached hydrogen (secondary N) is 2. The van der Waals surface area contributed by atoms with Crippen LogP contribution in [0.2, 0.25) is 0 Å². The number of rotatable bonds is 9. The van der Waals surface area contributed by atoms with E-state index in [0.29, 0.717) is 25.3 Å². The van der Waals surface area contributed by atoms with Gasteiger partial charge in [-0.25, -0.2) is 0 Å². The Morgan fingerprint density at radius 3 is 2.59 bits per heavy atom. The fourth-order valence-corrected chi connectivity index (χ4v) is 2.86. The van der Waals surface area contributed by atoms with E-state index in [1.807, 2.05) is 31.2 Å². The van der Waals surface area contributed by atoms with Crippen LogP contribution in [0, 0.1) is 10.1 Å². The number of methoxy groups -OCH3 is 1. The molecular formula is C19H22BrN3O4. The summed E-state index contributed by atoms with van der Waals surface area (Å²) in [6.07, 6.45) is 0.664. The Bertz CT molecular complexity index is 796. The van der Waals surface area contributed by atoms with Crippen LogP contribution in [0.4, 0.5) is 11.4 Å². The van der Waals surface area contributed by atoms with Crippen LogP contribution in [-0.2, 0) is 11.2 Å². The summed E-state index contributed by atoms with van der Waals surface area (Å²) in [7, 11) is 1.55. The van der Waals surface area contributed by atoms with Gasteiger partial charge in [-0.1, -0.05) is 28.1 Å². The maximum Gasteiger partial charge on any atom is 0.293 e. The highest BCUT2D eigenvalue weighted by atomic mass is 79.9. The van der Waals surface area contributed by atoms with Gasteiger partial charge in [-0.3, -0.25) is 14.9 Å². The van der Waals surface area contributed by atoms with Crippen LogP contribution in [0.15, 0.2) is 46.9 Å². The molecular weight excluding hydrogens is 414 g/mol. The van der Waals surface area contributed by atoms with Gasteiger partial charge in [0.2, 0.25) is 0 Å². The van der Waals surface area contributed by atoms with E-state index in [-0.39, 0.29) is 23.2 Å². The summed E-state index contributed by atoms with van der Waals surface area (Å²) in [4.78, 5) is 23.3. The molecule has 0 bridgehead atoms. The summed E-state index contributed by atoms with van der Waals surface area (Å²) in [5.41, 5.74) is 1.56. The van der Waals surface area contributed by atoms with Crippen LogP contribution in [-0.4, -0.2) is 37.1 Å². The second kappa shape index (κ2) is 10.0. The summed E-state index contributed by atoms with van der Waals surface area (Å²) < 4.78 is 5.92. The van der Waals surface area contributed by atoms with E-state index >= 15 is 0 Å². The first-order valence-electron chi connectivity index (χ1n) is 8.47. The Labute approximate surface area is 166 Å². The maximum atomic E-state index is 12.5. The molecule has 0 radical (unpaired) electrons. The zero-order valence-electron chi connectivity index (χ0n) is 15.2. The number of nitro groups is 1. The summed E-state index contributed by atoms with van der Waals surface area (Å²) >= 11 is 3.39. The molecule has 2 aromatic carbocycles. The number of ether oxygens (including phenoxy) is 1. The molecule has 27 heavy (non-hydrogen) atoms. The SMILES string of the molecule is COCCNc1ccc(C(=O)NC(C)Cc2ccc(Br)cc2)cc1[N+](=O)[O-]. The first kappa shape index (κ1) is 20.9. The lowest BCUT2D eigenvalue weighted by atomic mass is 10.1. The van der Waals surface area contributed by atoms with Crippen molar-refractivity contribution in [3.63, 3.8) is 0 Å². The Morgan fingerprint density at radius 2 is 1.96 bits per heavy atom. The first-order chi connectivity index (χ1) is 12.9. The molecule has 0 heterocycles. The van der Waals surface area contributed by atoms with Gasteiger partial charge in [-0.05, 0) is 43.2 Å². The first-order valence-corrected chi connectivity index (χ1v) is 9.26. The largest absolute Gasteiger partial charge is 0.383 e. The number of hydrogen-bond donors (Lipinski definition) is 2. The van der Waals surface area contributed by atoms with E-state index < -0.39 is 4.92 Å². The van der Waals surface area contributed by atoms with E-state index in [0.717, 1.165) is 10.0 Å². The van der Waals surface area contributed by atoms with Gasteiger partial charge >= 0.3 is 0 Å². The van der Waals surface area contributed by atoms with E-state index in [1.165, 1.54) is 6.07 Å². The monoisotopic (exact) mass is 435 g/mol. The van der Waals surface area contributed by atoms with Gasteiger partial charge in [0.15, 0.2) is 0 Å². The van der Waals surface area contributed by atoms with Gasteiger partial charge in [0.25, 0.3) is 11.6 Å². The van der Waals surface area contributed by atoms with Crippen molar-refractivity contribution >= 4 is 33.2 Å². The summed E-state index contributed by atoms with van der Waals surface area (Å²) in [6, 6.07) is 12.2. The molecule has 144 valence electrons. The molecule has 1 amide bonds. The lowest BCUT2D eigenvalue weighted by Crippen LogP contribution is -2.34. The normalized spacial score (nSPS) is 11.7. The van der Waals surface area contributed by atoms with Crippen LogP contribution in [0.5, 0.6) is 0 Å². The van der Waals surface area contributed by atoms with Gasteiger partial charge < -0.3 is 15.4 Å². The van der Waals surface area contributed by atoms with Crippen molar-refractivity contribution in [2.75, 3.05) is 25.6 Å². The molecule has 0 aliphatic heterocycles. The second-order valence-electron chi connectivity index (χ2n) is 6.11. The molecule has 8 heteroatoms. The smallest absolute Gasteiger partial charge is 0.293 e. The fraction of sp³-hybridized carbons (Fsp3) is 0.316. The Balaban J connectivity index is 2.05. The Morgan fingerprint density at radius 1 is 1.26 bits per heavy atom. The van der Waals surface area contributed by atoms with E-state index in [9.17, 15) is 14.9 Å². The summed E-state index contributed by atoms with van der Waals surface area (Å²) in [5, 5.41) is 17.1. The number of benzene rings is 2. The van der Waals surface area contributed by atoms with Gasteiger partial charge in [-0.15, -0.1) is 0 Å². The number of nitrogens with zero attached hydrogens (tertiary/aromatic N) is 1. The van der Waals surface area contributed by atoms with Gasteiger partial charge in [0.05, 0.1) is 11.5 Å². The molecule has 0 aliphatic carbocycles. The van der Waals surface area contributed by atoms with Crippen LogP contribution >= 0.6 is 15.9 Å². The topological polar surface area (TPSA) is 93.5 Å². The molecule has 0 fully saturated rings. The van der Waals surface area contributed by atoms with Crippen molar-refractivity contribution in [1.29, 1.82) is 0 Å². The third-order valence-electron chi connectivity index (χ3n) is 3.91. The number of hydrogen-bond acceptors (Lipinski definition) is 5. The van der Waals surface area contributed by atoms with E-state index in [2.05, 4.69) is 26.6 Å². The van der Waals surface area contributed by atoms with E-state index in [1.54, 1.807) is 19.2 Å². The Kier molecular flexibility index (Phi) is 7.75. The third-order valence-corrected chi connectivity index (χ3v) is 4.44. The Hall–Kier alpha value is -2.45. The third kappa shape index (κ3) is 6.33. The minimum absolute atomic E-state index is 0.114. The van der Waals surface area contributed by atoms with Crippen molar-refractivity contribution in [2.45, 2.75) is 19.4 Å². The van der Waals surface area contributed by atoms with Crippen molar-refractivity contribution in [3.05, 3.63) is 68.2 Å². The van der Waals surface area contributed by atoms with Crippen LogP contribution in [0.1, 0.15) is 22.8 Å². The zero-order valence-corrected chi connectivity index (χ0v) is 16.8. The van der Waals surface area contributed by atoms with Crippen LogP contribution in [0.3, 0.4) is 0 Å². The molecule has 1 unspecified atom stereocenters. The second-order valence-corrected chi connectivity index (χ2v) is 7.03. The predicted molar refractivity (Wildman–Crippen MR) is 108 cm³/mol. The molecule has 1 atom stereocenters.